The zero-order chi connectivity index (χ0) is 21.2. The van der Waals surface area contributed by atoms with E-state index in [1.807, 2.05) is 37.3 Å². The van der Waals surface area contributed by atoms with Crippen LogP contribution in [0.4, 0.5) is 11.4 Å². The molecule has 154 valence electrons. The fraction of sp³-hybridized carbons (Fsp3) is 0.167. The molecule has 0 aliphatic heterocycles. The standard InChI is InChI=1S/C24H25N3O3/c1-2-16-25-24(29)18-8-10-19(11-9-18)26-17-23(28)27-20-12-14-22(15-13-20)30-21-6-4-3-5-7-21/h3-15,26H,2,16-17H2,1H3,(H,25,29)(H,27,28). The van der Waals surface area contributed by atoms with E-state index in [-0.39, 0.29) is 18.4 Å². The van der Waals surface area contributed by atoms with E-state index in [9.17, 15) is 9.59 Å². The van der Waals surface area contributed by atoms with Gasteiger partial charge in [-0.15, -0.1) is 0 Å². The molecule has 0 heterocycles. The minimum absolute atomic E-state index is 0.0965. The van der Waals surface area contributed by atoms with Gasteiger partial charge in [-0.05, 0) is 67.1 Å². The first-order valence-electron chi connectivity index (χ1n) is 9.89. The SMILES string of the molecule is CCCNC(=O)c1ccc(NCC(=O)Nc2ccc(Oc3ccccc3)cc2)cc1. The van der Waals surface area contributed by atoms with Gasteiger partial charge in [0.05, 0.1) is 6.54 Å². The Labute approximate surface area is 176 Å². The van der Waals surface area contributed by atoms with Crippen LogP contribution in [0, 0.1) is 0 Å². The summed E-state index contributed by atoms with van der Waals surface area (Å²) in [6, 6.07) is 23.7. The second kappa shape index (κ2) is 10.7. The summed E-state index contributed by atoms with van der Waals surface area (Å²) < 4.78 is 5.74. The van der Waals surface area contributed by atoms with Crippen molar-refractivity contribution >= 4 is 23.2 Å². The van der Waals surface area contributed by atoms with Crippen LogP contribution in [0.1, 0.15) is 23.7 Å². The van der Waals surface area contributed by atoms with Crippen molar-refractivity contribution in [1.82, 2.24) is 5.32 Å². The molecule has 0 spiro atoms. The molecule has 0 unspecified atom stereocenters. The van der Waals surface area contributed by atoms with Crippen molar-refractivity contribution in [2.45, 2.75) is 13.3 Å². The van der Waals surface area contributed by atoms with Crippen LogP contribution in [-0.4, -0.2) is 24.9 Å². The normalized spacial score (nSPS) is 10.2. The van der Waals surface area contributed by atoms with Crippen LogP contribution < -0.4 is 20.7 Å². The molecule has 2 amide bonds. The van der Waals surface area contributed by atoms with E-state index < -0.39 is 0 Å². The number of rotatable bonds is 9. The highest BCUT2D eigenvalue weighted by molar-refractivity contribution is 5.95. The van der Waals surface area contributed by atoms with Crippen LogP contribution >= 0.6 is 0 Å². The van der Waals surface area contributed by atoms with E-state index in [0.717, 1.165) is 17.9 Å². The molecule has 0 saturated heterocycles. The summed E-state index contributed by atoms with van der Waals surface area (Å²) >= 11 is 0. The largest absolute Gasteiger partial charge is 0.457 e. The molecule has 30 heavy (non-hydrogen) atoms. The van der Waals surface area contributed by atoms with Gasteiger partial charge in [0.1, 0.15) is 11.5 Å². The van der Waals surface area contributed by atoms with Crippen LogP contribution in [0.25, 0.3) is 0 Å². The van der Waals surface area contributed by atoms with Gasteiger partial charge in [0.25, 0.3) is 5.91 Å². The zero-order valence-corrected chi connectivity index (χ0v) is 16.9. The van der Waals surface area contributed by atoms with Crippen molar-refractivity contribution in [2.75, 3.05) is 23.7 Å². The molecule has 0 aliphatic carbocycles. The number of para-hydroxylation sites is 1. The predicted octanol–water partition coefficient (Wildman–Crippen LogP) is 4.67. The highest BCUT2D eigenvalue weighted by Crippen LogP contribution is 2.22. The predicted molar refractivity (Wildman–Crippen MR) is 119 cm³/mol. The molecule has 3 aromatic carbocycles. The minimum atomic E-state index is -0.170. The van der Waals surface area contributed by atoms with Gasteiger partial charge in [-0.1, -0.05) is 25.1 Å². The average molecular weight is 403 g/mol. The lowest BCUT2D eigenvalue weighted by molar-refractivity contribution is -0.114. The lowest BCUT2D eigenvalue weighted by atomic mass is 10.2. The Morgan fingerprint density at radius 2 is 1.43 bits per heavy atom. The quantitative estimate of drug-likeness (QED) is 0.485. The fourth-order valence-electron chi connectivity index (χ4n) is 2.70. The number of benzene rings is 3. The lowest BCUT2D eigenvalue weighted by Gasteiger charge is -2.10. The first-order valence-corrected chi connectivity index (χ1v) is 9.89. The van der Waals surface area contributed by atoms with Crippen LogP contribution in [0.3, 0.4) is 0 Å². The first kappa shape index (κ1) is 20.9. The summed E-state index contributed by atoms with van der Waals surface area (Å²) in [4.78, 5) is 24.1. The number of amides is 2. The Morgan fingerprint density at radius 1 is 0.800 bits per heavy atom. The van der Waals surface area contributed by atoms with E-state index in [1.165, 1.54) is 0 Å². The van der Waals surface area contributed by atoms with Crippen molar-refractivity contribution in [3.8, 4) is 11.5 Å². The Morgan fingerprint density at radius 3 is 2.10 bits per heavy atom. The maximum Gasteiger partial charge on any atom is 0.251 e. The summed E-state index contributed by atoms with van der Waals surface area (Å²) in [5.74, 6) is 1.19. The Hall–Kier alpha value is -3.80. The summed E-state index contributed by atoms with van der Waals surface area (Å²) in [5, 5.41) is 8.72. The van der Waals surface area contributed by atoms with Gasteiger partial charge in [-0.3, -0.25) is 9.59 Å². The smallest absolute Gasteiger partial charge is 0.251 e. The number of hydrogen-bond acceptors (Lipinski definition) is 4. The van der Waals surface area contributed by atoms with Gasteiger partial charge in [0.15, 0.2) is 0 Å². The molecule has 0 radical (unpaired) electrons. The van der Waals surface area contributed by atoms with Crippen molar-refractivity contribution in [3.63, 3.8) is 0 Å². The highest BCUT2D eigenvalue weighted by atomic mass is 16.5. The highest BCUT2D eigenvalue weighted by Gasteiger charge is 2.06. The molecule has 6 nitrogen and oxygen atoms in total. The van der Waals surface area contributed by atoms with E-state index in [2.05, 4.69) is 16.0 Å². The Balaban J connectivity index is 1.45. The van der Waals surface area contributed by atoms with Crippen LogP contribution in [0.15, 0.2) is 78.9 Å². The first-order chi connectivity index (χ1) is 14.6. The van der Waals surface area contributed by atoms with Crippen LogP contribution in [-0.2, 0) is 4.79 Å². The summed E-state index contributed by atoms with van der Waals surface area (Å²) in [6.07, 6.45) is 0.892. The molecule has 3 aromatic rings. The molecule has 0 aliphatic rings. The van der Waals surface area contributed by atoms with Gasteiger partial charge in [0.2, 0.25) is 5.91 Å². The monoisotopic (exact) mass is 403 g/mol. The van der Waals surface area contributed by atoms with Gasteiger partial charge < -0.3 is 20.7 Å². The number of carbonyl (C=O) groups is 2. The Bertz CT molecular complexity index is 955. The molecule has 0 aromatic heterocycles. The number of carbonyl (C=O) groups excluding carboxylic acids is 2. The molecule has 0 atom stereocenters. The molecule has 3 rings (SSSR count). The van der Waals surface area contributed by atoms with Crippen molar-refractivity contribution in [2.24, 2.45) is 0 Å². The molecule has 0 fully saturated rings. The molecule has 0 saturated carbocycles. The van der Waals surface area contributed by atoms with Crippen molar-refractivity contribution in [1.29, 1.82) is 0 Å². The summed E-state index contributed by atoms with van der Waals surface area (Å²) in [7, 11) is 0. The van der Waals surface area contributed by atoms with E-state index >= 15 is 0 Å². The second-order valence-electron chi connectivity index (χ2n) is 6.67. The summed E-state index contributed by atoms with van der Waals surface area (Å²) in [5.41, 5.74) is 2.05. The third-order valence-electron chi connectivity index (χ3n) is 4.25. The third kappa shape index (κ3) is 6.38. The second-order valence-corrected chi connectivity index (χ2v) is 6.67. The van der Waals surface area contributed by atoms with E-state index in [1.54, 1.807) is 48.5 Å². The topological polar surface area (TPSA) is 79.5 Å². The third-order valence-corrected chi connectivity index (χ3v) is 4.25. The lowest BCUT2D eigenvalue weighted by Crippen LogP contribution is -2.24. The minimum Gasteiger partial charge on any atom is -0.457 e. The van der Waals surface area contributed by atoms with Crippen LogP contribution in [0.2, 0.25) is 0 Å². The van der Waals surface area contributed by atoms with Crippen molar-refractivity contribution in [3.05, 3.63) is 84.4 Å². The zero-order valence-electron chi connectivity index (χ0n) is 16.9. The number of anilines is 2. The molecular formula is C24H25N3O3. The van der Waals surface area contributed by atoms with Crippen molar-refractivity contribution < 1.29 is 14.3 Å². The Kier molecular flexibility index (Phi) is 7.44. The van der Waals surface area contributed by atoms with E-state index in [4.69, 9.17) is 4.74 Å². The number of hydrogen-bond donors (Lipinski definition) is 3. The molecule has 6 heteroatoms. The number of nitrogens with one attached hydrogen (secondary N) is 3. The maximum atomic E-state index is 12.2. The van der Waals surface area contributed by atoms with Crippen LogP contribution in [0.5, 0.6) is 11.5 Å². The van der Waals surface area contributed by atoms with Gasteiger partial charge >= 0.3 is 0 Å². The summed E-state index contributed by atoms with van der Waals surface area (Å²) in [6.45, 7) is 2.77. The van der Waals surface area contributed by atoms with E-state index in [0.29, 0.717) is 23.5 Å². The molecule has 3 N–H and O–H groups in total. The fourth-order valence-corrected chi connectivity index (χ4v) is 2.70. The molecule has 0 bridgehead atoms. The van der Waals surface area contributed by atoms with Gasteiger partial charge in [-0.2, -0.15) is 0 Å². The average Bonchev–Trinajstić information content (AvgIpc) is 2.78. The molecular weight excluding hydrogens is 378 g/mol. The maximum absolute atomic E-state index is 12.2. The van der Waals surface area contributed by atoms with Gasteiger partial charge in [0, 0.05) is 23.5 Å². The van der Waals surface area contributed by atoms with Gasteiger partial charge in [-0.25, -0.2) is 0 Å². The number of ether oxygens (including phenoxy) is 1.